The maximum absolute atomic E-state index is 11.5. The van der Waals surface area contributed by atoms with Crippen molar-refractivity contribution in [3.8, 4) is 0 Å². The zero-order chi connectivity index (χ0) is 27.4. The molecule has 0 unspecified atom stereocenters. The van der Waals surface area contributed by atoms with Gasteiger partial charge in [-0.25, -0.2) is 14.4 Å². The van der Waals surface area contributed by atoms with E-state index >= 15 is 0 Å². The van der Waals surface area contributed by atoms with Crippen LogP contribution in [0.1, 0.15) is 47.0 Å². The van der Waals surface area contributed by atoms with E-state index in [4.69, 9.17) is 0 Å². The van der Waals surface area contributed by atoms with Crippen LogP contribution in [0.2, 0.25) is 0 Å². The van der Waals surface area contributed by atoms with Crippen LogP contribution in [0.15, 0.2) is 24.3 Å². The summed E-state index contributed by atoms with van der Waals surface area (Å²) in [5.74, 6) is -2.49. The molecule has 0 aliphatic heterocycles. The number of ether oxygens (including phenoxy) is 3. The minimum absolute atomic E-state index is 0.209. The molecule has 0 heterocycles. The molecule has 0 aromatic rings. The Balaban J connectivity index is 0. The highest BCUT2D eigenvalue weighted by Crippen LogP contribution is 2.02. The van der Waals surface area contributed by atoms with E-state index in [9.17, 15) is 28.8 Å². The summed E-state index contributed by atoms with van der Waals surface area (Å²) in [6.45, 7) is 5.81. The molecule has 0 aromatic heterocycles. The molecule has 0 fully saturated rings. The summed E-state index contributed by atoms with van der Waals surface area (Å²) in [5, 5.41) is 7.42. The summed E-state index contributed by atoms with van der Waals surface area (Å²) in [6.07, 6.45) is 7.74. The van der Waals surface area contributed by atoms with Gasteiger partial charge in [0.05, 0.1) is 21.3 Å². The Morgan fingerprint density at radius 3 is 1.03 bits per heavy atom. The van der Waals surface area contributed by atoms with Crippen molar-refractivity contribution in [1.82, 2.24) is 16.0 Å². The van der Waals surface area contributed by atoms with E-state index in [1.165, 1.54) is 42.1 Å². The zero-order valence-corrected chi connectivity index (χ0v) is 21.3. The molecule has 0 rings (SSSR count). The van der Waals surface area contributed by atoms with E-state index in [1.807, 2.05) is 13.0 Å². The number of hydrogen-bond donors (Lipinski definition) is 3. The fourth-order valence-corrected chi connectivity index (χ4v) is 2.54. The average Bonchev–Trinajstić information content (AvgIpc) is 2.80. The monoisotopic (exact) mass is 499 g/mol. The van der Waals surface area contributed by atoms with Crippen LogP contribution < -0.4 is 16.0 Å². The Kier molecular flexibility index (Phi) is 18.9. The molecule has 0 aliphatic rings. The molecule has 12 nitrogen and oxygen atoms in total. The van der Waals surface area contributed by atoms with Gasteiger partial charge in [0, 0.05) is 20.8 Å². The summed E-state index contributed by atoms with van der Waals surface area (Å²) < 4.78 is 13.7. The summed E-state index contributed by atoms with van der Waals surface area (Å²) in [6, 6.07) is -2.16. The molecule has 3 atom stereocenters. The largest absolute Gasteiger partial charge is 0.467 e. The Labute approximate surface area is 205 Å². The SMILES string of the molecule is CC=CC[C@H](NC(C)=O)C(=O)OC.COC(=O)[C@H](CC=CC[C@H](NC(C)=O)C(=O)OC)NC(C)=O. The third-order valence-corrected chi connectivity index (χ3v) is 4.11. The van der Waals surface area contributed by atoms with Crippen molar-refractivity contribution < 1.29 is 43.0 Å². The van der Waals surface area contributed by atoms with E-state index in [-0.39, 0.29) is 30.6 Å². The predicted octanol–water partition coefficient (Wildman–Crippen LogP) is 0.309. The standard InChI is InChI=1S/C14H22N2O6.C9H15NO3/c1-9(17)15-11(13(19)21-3)7-5-6-8-12(14(20)22-4)16-10(2)18;1-4-5-6-8(9(12)13-3)10-7(2)11/h5-6,11-12H,7-8H2,1-4H3,(H,15,17)(H,16,18);4-5,8H,6H2,1-3H3,(H,10,11)/t11-,12-;8-/m00/s1. The van der Waals surface area contributed by atoms with Crippen molar-refractivity contribution >= 4 is 35.6 Å². The van der Waals surface area contributed by atoms with E-state index in [0.717, 1.165) is 0 Å². The fraction of sp³-hybridized carbons (Fsp3) is 0.565. The molecule has 0 bridgehead atoms. The van der Waals surface area contributed by atoms with Crippen LogP contribution in [0.4, 0.5) is 0 Å². The lowest BCUT2D eigenvalue weighted by Gasteiger charge is -2.14. The molecular weight excluding hydrogens is 462 g/mol. The average molecular weight is 500 g/mol. The lowest BCUT2D eigenvalue weighted by atomic mass is 10.1. The first-order valence-electron chi connectivity index (χ1n) is 10.7. The van der Waals surface area contributed by atoms with Gasteiger partial charge in [0.25, 0.3) is 0 Å². The van der Waals surface area contributed by atoms with Crippen LogP contribution in [0.5, 0.6) is 0 Å². The second-order valence-electron chi connectivity index (χ2n) is 7.08. The van der Waals surface area contributed by atoms with Gasteiger partial charge in [-0.15, -0.1) is 0 Å². The topological polar surface area (TPSA) is 166 Å². The number of carbonyl (C=O) groups is 6. The summed E-state index contributed by atoms with van der Waals surface area (Å²) in [5.41, 5.74) is 0. The molecule has 0 radical (unpaired) electrons. The van der Waals surface area contributed by atoms with Gasteiger partial charge in [-0.2, -0.15) is 0 Å². The first-order valence-corrected chi connectivity index (χ1v) is 10.7. The summed E-state index contributed by atoms with van der Waals surface area (Å²) in [7, 11) is 3.75. The van der Waals surface area contributed by atoms with Crippen molar-refractivity contribution in [1.29, 1.82) is 0 Å². The first-order chi connectivity index (χ1) is 16.4. The number of hydrogen-bond acceptors (Lipinski definition) is 9. The maximum atomic E-state index is 11.5. The van der Waals surface area contributed by atoms with Crippen molar-refractivity contribution in [2.24, 2.45) is 0 Å². The molecule has 198 valence electrons. The van der Waals surface area contributed by atoms with Gasteiger partial charge >= 0.3 is 17.9 Å². The quantitative estimate of drug-likeness (QED) is 0.194. The number of methoxy groups -OCH3 is 3. The smallest absolute Gasteiger partial charge is 0.328 e. The zero-order valence-electron chi connectivity index (χ0n) is 21.3. The number of carbonyl (C=O) groups excluding carboxylic acids is 6. The number of rotatable bonds is 12. The molecule has 12 heteroatoms. The van der Waals surface area contributed by atoms with Crippen LogP contribution in [0, 0.1) is 0 Å². The molecule has 3 amide bonds. The third-order valence-electron chi connectivity index (χ3n) is 4.11. The Bertz CT molecular complexity index is 738. The number of nitrogens with one attached hydrogen (secondary N) is 3. The van der Waals surface area contributed by atoms with Crippen LogP contribution in [0.3, 0.4) is 0 Å². The Hall–Kier alpha value is -3.70. The number of esters is 3. The van der Waals surface area contributed by atoms with Crippen LogP contribution >= 0.6 is 0 Å². The Morgan fingerprint density at radius 1 is 0.571 bits per heavy atom. The van der Waals surface area contributed by atoms with Crippen LogP contribution in [0.25, 0.3) is 0 Å². The maximum Gasteiger partial charge on any atom is 0.328 e. The van der Waals surface area contributed by atoms with Crippen molar-refractivity contribution in [3.05, 3.63) is 24.3 Å². The van der Waals surface area contributed by atoms with E-state index in [0.29, 0.717) is 6.42 Å². The third kappa shape index (κ3) is 17.4. The van der Waals surface area contributed by atoms with Gasteiger partial charge < -0.3 is 30.2 Å². The van der Waals surface area contributed by atoms with Crippen LogP contribution in [-0.2, 0) is 43.0 Å². The van der Waals surface area contributed by atoms with Gasteiger partial charge in [-0.05, 0) is 26.2 Å². The minimum atomic E-state index is -0.795. The van der Waals surface area contributed by atoms with Crippen molar-refractivity contribution in [2.45, 2.75) is 65.1 Å². The Morgan fingerprint density at radius 2 is 0.829 bits per heavy atom. The summed E-state index contributed by atoms with van der Waals surface area (Å²) in [4.78, 5) is 66.8. The summed E-state index contributed by atoms with van der Waals surface area (Å²) >= 11 is 0. The van der Waals surface area contributed by atoms with E-state index in [1.54, 1.807) is 18.2 Å². The van der Waals surface area contributed by atoms with Gasteiger partial charge in [-0.1, -0.05) is 24.3 Å². The van der Waals surface area contributed by atoms with E-state index in [2.05, 4.69) is 30.2 Å². The van der Waals surface area contributed by atoms with Crippen molar-refractivity contribution in [2.75, 3.05) is 21.3 Å². The second kappa shape index (κ2) is 19.7. The predicted molar refractivity (Wildman–Crippen MR) is 127 cm³/mol. The molecule has 3 N–H and O–H groups in total. The highest BCUT2D eigenvalue weighted by molar-refractivity contribution is 5.84. The molecule has 0 spiro atoms. The molecule has 0 saturated carbocycles. The molecule has 35 heavy (non-hydrogen) atoms. The lowest BCUT2D eigenvalue weighted by Crippen LogP contribution is -2.40. The van der Waals surface area contributed by atoms with Crippen LogP contribution in [-0.4, -0.2) is 75.1 Å². The molecule has 0 aromatic carbocycles. The normalized spacial score (nSPS) is 12.9. The first kappa shape index (κ1) is 33.5. The molecule has 0 saturated heterocycles. The molecule has 0 aliphatic carbocycles. The van der Waals surface area contributed by atoms with Gasteiger partial charge in [0.15, 0.2) is 0 Å². The van der Waals surface area contributed by atoms with Crippen molar-refractivity contribution in [3.63, 3.8) is 0 Å². The fourth-order valence-electron chi connectivity index (χ4n) is 2.54. The highest BCUT2D eigenvalue weighted by atomic mass is 16.5. The van der Waals surface area contributed by atoms with E-state index < -0.39 is 36.0 Å². The number of allylic oxidation sites excluding steroid dienone is 1. The van der Waals surface area contributed by atoms with Gasteiger partial charge in [0.1, 0.15) is 18.1 Å². The minimum Gasteiger partial charge on any atom is -0.467 e. The lowest BCUT2D eigenvalue weighted by molar-refractivity contribution is -0.145. The molecular formula is C23H37N3O9. The van der Waals surface area contributed by atoms with Gasteiger partial charge in [0.2, 0.25) is 17.7 Å². The number of amides is 3. The highest BCUT2D eigenvalue weighted by Gasteiger charge is 2.20. The second-order valence-corrected chi connectivity index (χ2v) is 7.08. The van der Waals surface area contributed by atoms with Gasteiger partial charge in [-0.3, -0.25) is 14.4 Å².